The van der Waals surface area contributed by atoms with Gasteiger partial charge >= 0.3 is 5.97 Å². The van der Waals surface area contributed by atoms with Crippen LogP contribution in [0, 0.1) is 0 Å². The van der Waals surface area contributed by atoms with Crippen LogP contribution in [0.2, 0.25) is 0 Å². The zero-order valence-electron chi connectivity index (χ0n) is 13.0. The number of esters is 1. The largest absolute Gasteiger partial charge is 0.467 e. The molecule has 2 rings (SSSR count). The van der Waals surface area contributed by atoms with Crippen LogP contribution in [0.3, 0.4) is 0 Å². The van der Waals surface area contributed by atoms with E-state index in [9.17, 15) is 4.79 Å². The van der Waals surface area contributed by atoms with Gasteiger partial charge in [0.2, 0.25) is 0 Å². The van der Waals surface area contributed by atoms with Crippen molar-refractivity contribution >= 4 is 5.97 Å². The molecule has 0 aromatic heterocycles. The molecule has 1 aliphatic rings. The van der Waals surface area contributed by atoms with Gasteiger partial charge in [-0.1, -0.05) is 45.0 Å². The molecule has 1 aliphatic carbocycles. The third kappa shape index (κ3) is 2.35. The second kappa shape index (κ2) is 5.57. The van der Waals surface area contributed by atoms with E-state index < -0.39 is 5.54 Å². The summed E-state index contributed by atoms with van der Waals surface area (Å²) in [6.45, 7) is 7.40. The first-order valence-electron chi connectivity index (χ1n) is 7.41. The van der Waals surface area contributed by atoms with E-state index in [1.54, 1.807) is 0 Å². The van der Waals surface area contributed by atoms with Crippen LogP contribution < -0.4 is 5.32 Å². The molecule has 20 heavy (non-hydrogen) atoms. The minimum Gasteiger partial charge on any atom is -0.467 e. The Morgan fingerprint density at radius 3 is 2.50 bits per heavy atom. The molecule has 3 nitrogen and oxygen atoms in total. The van der Waals surface area contributed by atoms with Crippen molar-refractivity contribution in [2.24, 2.45) is 0 Å². The Bertz CT molecular complexity index is 496. The molecule has 1 unspecified atom stereocenters. The quantitative estimate of drug-likeness (QED) is 0.858. The van der Waals surface area contributed by atoms with Crippen molar-refractivity contribution in [3.63, 3.8) is 0 Å². The molecule has 0 aliphatic heterocycles. The minimum absolute atomic E-state index is 0.0992. The van der Waals surface area contributed by atoms with Crippen molar-refractivity contribution < 1.29 is 9.53 Å². The van der Waals surface area contributed by atoms with Crippen LogP contribution in [0.25, 0.3) is 0 Å². The van der Waals surface area contributed by atoms with Gasteiger partial charge in [-0.3, -0.25) is 5.32 Å². The van der Waals surface area contributed by atoms with E-state index in [2.05, 4.69) is 38.2 Å². The van der Waals surface area contributed by atoms with Gasteiger partial charge in [0, 0.05) is 0 Å². The SMILES string of the molecule is CCCNC1(C(=O)OC)CCC(C)(C)c2ccccc21. The average Bonchev–Trinajstić information content (AvgIpc) is 2.46. The smallest absolute Gasteiger partial charge is 0.330 e. The third-order valence-corrected chi connectivity index (χ3v) is 4.45. The standard InChI is InChI=1S/C17H25NO2/c1-5-12-18-17(15(19)20-4)11-10-16(2,3)13-8-6-7-9-14(13)17/h6-9,18H,5,10-12H2,1-4H3. The zero-order chi connectivity index (χ0) is 14.8. The molecule has 0 amide bonds. The Kier molecular flexibility index (Phi) is 4.19. The van der Waals surface area contributed by atoms with Crippen molar-refractivity contribution in [1.82, 2.24) is 5.32 Å². The lowest BCUT2D eigenvalue weighted by atomic mass is 9.65. The maximum Gasteiger partial charge on any atom is 0.330 e. The number of nitrogens with one attached hydrogen (secondary N) is 1. The van der Waals surface area contributed by atoms with Crippen LogP contribution in [-0.4, -0.2) is 19.6 Å². The molecular weight excluding hydrogens is 250 g/mol. The molecule has 110 valence electrons. The first-order chi connectivity index (χ1) is 9.48. The van der Waals surface area contributed by atoms with Gasteiger partial charge < -0.3 is 4.74 Å². The number of carbonyl (C=O) groups excluding carboxylic acids is 1. The van der Waals surface area contributed by atoms with Gasteiger partial charge in [0.25, 0.3) is 0 Å². The fourth-order valence-corrected chi connectivity index (χ4v) is 3.20. The maximum atomic E-state index is 12.5. The lowest BCUT2D eigenvalue weighted by Gasteiger charge is -2.44. The summed E-state index contributed by atoms with van der Waals surface area (Å²) in [4.78, 5) is 12.5. The predicted octanol–water partition coefficient (Wildman–Crippen LogP) is 3.13. The average molecular weight is 275 g/mol. The monoisotopic (exact) mass is 275 g/mol. The highest BCUT2D eigenvalue weighted by Gasteiger charge is 2.48. The number of carbonyl (C=O) groups is 1. The molecule has 1 atom stereocenters. The van der Waals surface area contributed by atoms with E-state index in [0.29, 0.717) is 0 Å². The van der Waals surface area contributed by atoms with Gasteiger partial charge in [0.05, 0.1) is 7.11 Å². The number of fused-ring (bicyclic) bond motifs is 1. The van der Waals surface area contributed by atoms with Crippen molar-refractivity contribution in [3.8, 4) is 0 Å². The van der Waals surface area contributed by atoms with E-state index in [1.807, 2.05) is 12.1 Å². The molecule has 0 radical (unpaired) electrons. The summed E-state index contributed by atoms with van der Waals surface area (Å²) in [6, 6.07) is 8.26. The van der Waals surface area contributed by atoms with Gasteiger partial charge in [-0.2, -0.15) is 0 Å². The fourth-order valence-electron chi connectivity index (χ4n) is 3.20. The second-order valence-electron chi connectivity index (χ2n) is 6.25. The number of ether oxygens (including phenoxy) is 1. The first-order valence-corrected chi connectivity index (χ1v) is 7.41. The Morgan fingerprint density at radius 1 is 1.25 bits per heavy atom. The number of benzene rings is 1. The molecule has 1 aromatic carbocycles. The van der Waals surface area contributed by atoms with Gasteiger partial charge in [0.1, 0.15) is 5.54 Å². The van der Waals surface area contributed by atoms with Gasteiger partial charge in [-0.05, 0) is 42.3 Å². The van der Waals surface area contributed by atoms with Crippen molar-refractivity contribution in [1.29, 1.82) is 0 Å². The molecule has 0 saturated carbocycles. The molecule has 1 N–H and O–H groups in total. The predicted molar refractivity (Wildman–Crippen MR) is 80.7 cm³/mol. The first kappa shape index (κ1) is 15.0. The summed E-state index contributed by atoms with van der Waals surface area (Å²) < 4.78 is 5.11. The van der Waals surface area contributed by atoms with E-state index >= 15 is 0 Å². The van der Waals surface area contributed by atoms with Crippen LogP contribution in [-0.2, 0) is 20.5 Å². The van der Waals surface area contributed by atoms with Gasteiger partial charge in [-0.25, -0.2) is 4.79 Å². The van der Waals surface area contributed by atoms with E-state index in [4.69, 9.17) is 4.74 Å². The normalized spacial score (nSPS) is 24.0. The molecule has 1 aromatic rings. The molecular formula is C17H25NO2. The lowest BCUT2D eigenvalue weighted by Crippen LogP contribution is -2.54. The summed E-state index contributed by atoms with van der Waals surface area (Å²) >= 11 is 0. The van der Waals surface area contributed by atoms with Crippen LogP contribution in [0.15, 0.2) is 24.3 Å². The Morgan fingerprint density at radius 2 is 1.90 bits per heavy atom. The van der Waals surface area contributed by atoms with Gasteiger partial charge in [0.15, 0.2) is 0 Å². The molecule has 0 bridgehead atoms. The highest BCUT2D eigenvalue weighted by molar-refractivity contribution is 5.84. The highest BCUT2D eigenvalue weighted by Crippen LogP contribution is 2.45. The van der Waals surface area contributed by atoms with Crippen molar-refractivity contribution in [2.45, 2.75) is 51.0 Å². The summed E-state index contributed by atoms with van der Waals surface area (Å²) in [7, 11) is 1.47. The molecule has 3 heteroatoms. The number of hydrogen-bond donors (Lipinski definition) is 1. The van der Waals surface area contributed by atoms with E-state index in [-0.39, 0.29) is 11.4 Å². The molecule has 0 saturated heterocycles. The summed E-state index contributed by atoms with van der Waals surface area (Å²) in [5, 5.41) is 3.45. The van der Waals surface area contributed by atoms with E-state index in [1.165, 1.54) is 12.7 Å². The summed E-state index contributed by atoms with van der Waals surface area (Å²) in [6.07, 6.45) is 2.74. The maximum absolute atomic E-state index is 12.5. The number of rotatable bonds is 4. The van der Waals surface area contributed by atoms with Crippen LogP contribution >= 0.6 is 0 Å². The molecule has 0 fully saturated rings. The van der Waals surface area contributed by atoms with E-state index in [0.717, 1.165) is 31.4 Å². The van der Waals surface area contributed by atoms with Crippen molar-refractivity contribution in [2.75, 3.05) is 13.7 Å². The molecule has 0 heterocycles. The highest BCUT2D eigenvalue weighted by atomic mass is 16.5. The van der Waals surface area contributed by atoms with Crippen LogP contribution in [0.1, 0.15) is 51.2 Å². The van der Waals surface area contributed by atoms with Crippen molar-refractivity contribution in [3.05, 3.63) is 35.4 Å². The van der Waals surface area contributed by atoms with Crippen LogP contribution in [0.5, 0.6) is 0 Å². The second-order valence-corrected chi connectivity index (χ2v) is 6.25. The molecule has 0 spiro atoms. The third-order valence-electron chi connectivity index (χ3n) is 4.45. The van der Waals surface area contributed by atoms with Crippen LogP contribution in [0.4, 0.5) is 0 Å². The number of hydrogen-bond acceptors (Lipinski definition) is 3. The summed E-state index contributed by atoms with van der Waals surface area (Å²) in [5.41, 5.74) is 1.75. The minimum atomic E-state index is -0.684. The summed E-state index contributed by atoms with van der Waals surface area (Å²) in [5.74, 6) is -0.172. The zero-order valence-corrected chi connectivity index (χ0v) is 13.0. The Balaban J connectivity index is 2.56. The number of methoxy groups -OCH3 is 1. The fraction of sp³-hybridized carbons (Fsp3) is 0.588. The van der Waals surface area contributed by atoms with Gasteiger partial charge in [-0.15, -0.1) is 0 Å². The lowest BCUT2D eigenvalue weighted by molar-refractivity contribution is -0.150. The Hall–Kier alpha value is -1.35. The Labute approximate surface area is 121 Å². The topological polar surface area (TPSA) is 38.3 Å².